The predicted molar refractivity (Wildman–Crippen MR) is 47.1 cm³/mol. The summed E-state index contributed by atoms with van der Waals surface area (Å²) in [4.78, 5) is 10.9. The second kappa shape index (κ2) is 2.87. The molecule has 68 valence electrons. The Labute approximate surface area is 81.9 Å². The number of rotatable bonds is 0. The number of halogens is 3. The van der Waals surface area contributed by atoms with Crippen LogP contribution in [0.3, 0.4) is 0 Å². The van der Waals surface area contributed by atoms with Crippen LogP contribution >= 0.6 is 15.9 Å². The van der Waals surface area contributed by atoms with Gasteiger partial charge in [-0.3, -0.25) is 4.79 Å². The van der Waals surface area contributed by atoms with Crippen LogP contribution in [0.1, 0.15) is 15.9 Å². The molecule has 4 heteroatoms. The molecule has 1 unspecified atom stereocenters. The monoisotopic (exact) mass is 246 g/mol. The maximum absolute atomic E-state index is 13.1. The van der Waals surface area contributed by atoms with Crippen molar-refractivity contribution in [2.45, 2.75) is 11.2 Å². The number of hydrogen-bond acceptors (Lipinski definition) is 1. The highest BCUT2D eigenvalue weighted by Gasteiger charge is 2.31. The molecule has 1 nitrogen and oxygen atoms in total. The predicted octanol–water partition coefficient (Wildman–Crippen LogP) is 2.47. The van der Waals surface area contributed by atoms with Crippen LogP contribution in [-0.2, 0) is 6.42 Å². The minimum Gasteiger partial charge on any atom is -0.293 e. The standard InChI is InChI=1S/C9H5BrF2O/c10-6-2-4-1-5(11)3-7(12)8(4)9(6)13/h1,3,6H,2H2. The summed E-state index contributed by atoms with van der Waals surface area (Å²) in [5, 5.41) is 0. The second-order valence-corrected chi connectivity index (χ2v) is 4.06. The minimum absolute atomic E-state index is 0.0308. The number of carbonyl (C=O) groups excluding carboxylic acids is 1. The lowest BCUT2D eigenvalue weighted by molar-refractivity contribution is 0.0998. The second-order valence-electron chi connectivity index (χ2n) is 2.96. The average molecular weight is 247 g/mol. The molecule has 1 aromatic carbocycles. The van der Waals surface area contributed by atoms with Crippen LogP contribution < -0.4 is 0 Å². The number of hydrogen-bond donors (Lipinski definition) is 0. The van der Waals surface area contributed by atoms with Gasteiger partial charge in [-0.25, -0.2) is 8.78 Å². The van der Waals surface area contributed by atoms with Crippen molar-refractivity contribution in [2.24, 2.45) is 0 Å². The molecule has 1 aliphatic carbocycles. The van der Waals surface area contributed by atoms with Gasteiger partial charge in [0, 0.05) is 6.07 Å². The third-order valence-electron chi connectivity index (χ3n) is 2.07. The van der Waals surface area contributed by atoms with Gasteiger partial charge in [-0.15, -0.1) is 0 Å². The number of Topliss-reactive ketones (excluding diaryl/α,β-unsaturated/α-hetero) is 1. The fraction of sp³-hybridized carbons (Fsp3) is 0.222. The maximum atomic E-state index is 13.1. The zero-order valence-corrected chi connectivity index (χ0v) is 8.07. The van der Waals surface area contributed by atoms with E-state index in [1.54, 1.807) is 0 Å². The summed E-state index contributed by atoms with van der Waals surface area (Å²) in [7, 11) is 0. The number of carbonyl (C=O) groups is 1. The van der Waals surface area contributed by atoms with E-state index in [9.17, 15) is 13.6 Å². The molecular formula is C9H5BrF2O. The van der Waals surface area contributed by atoms with Gasteiger partial charge in [0.15, 0.2) is 5.78 Å². The quantitative estimate of drug-likeness (QED) is 0.643. The Kier molecular flexibility index (Phi) is 1.95. The van der Waals surface area contributed by atoms with Crippen molar-refractivity contribution >= 4 is 21.7 Å². The van der Waals surface area contributed by atoms with Crippen molar-refractivity contribution in [3.05, 3.63) is 34.9 Å². The van der Waals surface area contributed by atoms with Crippen LogP contribution in [-0.4, -0.2) is 10.6 Å². The Balaban J connectivity index is 2.64. The first kappa shape index (κ1) is 8.81. The van der Waals surface area contributed by atoms with Crippen molar-refractivity contribution < 1.29 is 13.6 Å². The SMILES string of the molecule is O=C1c2c(F)cc(F)cc2CC1Br. The Hall–Kier alpha value is -0.770. The summed E-state index contributed by atoms with van der Waals surface area (Å²) in [6.45, 7) is 0. The summed E-state index contributed by atoms with van der Waals surface area (Å²) in [5.41, 5.74) is 0.479. The summed E-state index contributed by atoms with van der Waals surface area (Å²) in [5.74, 6) is -1.69. The van der Waals surface area contributed by atoms with Crippen molar-refractivity contribution in [1.29, 1.82) is 0 Å². The number of alkyl halides is 1. The number of fused-ring (bicyclic) bond motifs is 1. The summed E-state index contributed by atoms with van der Waals surface area (Å²) >= 11 is 3.10. The van der Waals surface area contributed by atoms with Crippen LogP contribution in [0.25, 0.3) is 0 Å². The van der Waals surface area contributed by atoms with E-state index in [4.69, 9.17) is 0 Å². The Bertz CT molecular complexity index is 389. The molecule has 0 amide bonds. The minimum atomic E-state index is -0.762. The summed E-state index contributed by atoms with van der Waals surface area (Å²) in [6, 6.07) is 1.94. The normalized spacial score (nSPS) is 20.5. The molecule has 0 fully saturated rings. The molecular weight excluding hydrogens is 242 g/mol. The zero-order valence-electron chi connectivity index (χ0n) is 6.48. The van der Waals surface area contributed by atoms with Crippen LogP contribution in [0.2, 0.25) is 0 Å². The molecule has 1 aromatic rings. The lowest BCUT2D eigenvalue weighted by atomic mass is 10.1. The van der Waals surface area contributed by atoms with Gasteiger partial charge in [0.1, 0.15) is 11.6 Å². The Morgan fingerprint density at radius 2 is 2.08 bits per heavy atom. The van der Waals surface area contributed by atoms with Crippen molar-refractivity contribution in [3.63, 3.8) is 0 Å². The molecule has 2 rings (SSSR count). The van der Waals surface area contributed by atoms with E-state index in [-0.39, 0.29) is 11.3 Å². The van der Waals surface area contributed by atoms with E-state index in [1.165, 1.54) is 6.07 Å². The van der Waals surface area contributed by atoms with Crippen LogP contribution in [0.4, 0.5) is 8.78 Å². The van der Waals surface area contributed by atoms with Crippen molar-refractivity contribution in [1.82, 2.24) is 0 Å². The Morgan fingerprint density at radius 3 is 2.77 bits per heavy atom. The molecule has 0 bridgehead atoms. The molecule has 0 spiro atoms. The summed E-state index contributed by atoms with van der Waals surface area (Å²) in [6.07, 6.45) is 0.364. The van der Waals surface area contributed by atoms with Gasteiger partial charge >= 0.3 is 0 Å². The molecule has 13 heavy (non-hydrogen) atoms. The first-order chi connectivity index (χ1) is 6.09. The smallest absolute Gasteiger partial charge is 0.180 e. The van der Waals surface area contributed by atoms with E-state index in [0.717, 1.165) is 6.07 Å². The van der Waals surface area contributed by atoms with E-state index in [0.29, 0.717) is 12.0 Å². The van der Waals surface area contributed by atoms with Gasteiger partial charge in [-0.1, -0.05) is 15.9 Å². The highest BCUT2D eigenvalue weighted by atomic mass is 79.9. The summed E-state index contributed by atoms with van der Waals surface area (Å²) < 4.78 is 25.8. The van der Waals surface area contributed by atoms with Gasteiger partial charge in [-0.2, -0.15) is 0 Å². The lowest BCUT2D eigenvalue weighted by Crippen LogP contribution is -2.07. The first-order valence-corrected chi connectivity index (χ1v) is 4.67. The topological polar surface area (TPSA) is 17.1 Å². The molecule has 0 saturated heterocycles. The van der Waals surface area contributed by atoms with Crippen LogP contribution in [0.5, 0.6) is 0 Å². The van der Waals surface area contributed by atoms with Gasteiger partial charge in [0.25, 0.3) is 0 Å². The van der Waals surface area contributed by atoms with Crippen molar-refractivity contribution in [3.8, 4) is 0 Å². The lowest BCUT2D eigenvalue weighted by Gasteiger charge is -1.98. The van der Waals surface area contributed by atoms with E-state index in [1.807, 2.05) is 0 Å². The number of benzene rings is 1. The van der Waals surface area contributed by atoms with Crippen LogP contribution in [0.15, 0.2) is 12.1 Å². The van der Waals surface area contributed by atoms with E-state index < -0.39 is 16.5 Å². The largest absolute Gasteiger partial charge is 0.293 e. The number of ketones is 1. The molecule has 1 atom stereocenters. The fourth-order valence-electron chi connectivity index (χ4n) is 1.51. The van der Waals surface area contributed by atoms with Gasteiger partial charge in [0.05, 0.1) is 10.4 Å². The third kappa shape index (κ3) is 1.29. The fourth-order valence-corrected chi connectivity index (χ4v) is 2.08. The molecule has 1 aliphatic rings. The maximum Gasteiger partial charge on any atom is 0.180 e. The van der Waals surface area contributed by atoms with Crippen molar-refractivity contribution in [2.75, 3.05) is 0 Å². The highest BCUT2D eigenvalue weighted by molar-refractivity contribution is 9.10. The highest BCUT2D eigenvalue weighted by Crippen LogP contribution is 2.29. The molecule has 0 saturated carbocycles. The Morgan fingerprint density at radius 1 is 1.38 bits per heavy atom. The van der Waals surface area contributed by atoms with E-state index in [2.05, 4.69) is 15.9 Å². The average Bonchev–Trinajstić information content (AvgIpc) is 2.27. The molecule has 0 aromatic heterocycles. The van der Waals surface area contributed by atoms with E-state index >= 15 is 0 Å². The van der Waals surface area contributed by atoms with Crippen LogP contribution in [0, 0.1) is 11.6 Å². The molecule has 0 heterocycles. The molecule has 0 N–H and O–H groups in total. The molecule has 0 aliphatic heterocycles. The van der Waals surface area contributed by atoms with Gasteiger partial charge in [-0.05, 0) is 18.1 Å². The van der Waals surface area contributed by atoms with Gasteiger partial charge < -0.3 is 0 Å². The van der Waals surface area contributed by atoms with Gasteiger partial charge in [0.2, 0.25) is 0 Å². The zero-order chi connectivity index (χ0) is 9.59. The third-order valence-corrected chi connectivity index (χ3v) is 2.81. The molecule has 0 radical (unpaired) electrons. The first-order valence-electron chi connectivity index (χ1n) is 3.76.